The van der Waals surface area contributed by atoms with Crippen LogP contribution in [-0.2, 0) is 11.2 Å². The Balaban J connectivity index is 2.82. The molecule has 0 aliphatic heterocycles. The van der Waals surface area contributed by atoms with Crippen LogP contribution in [0.25, 0.3) is 0 Å². The van der Waals surface area contributed by atoms with Gasteiger partial charge in [0.25, 0.3) is 0 Å². The first-order valence-electron chi connectivity index (χ1n) is 6.23. The Kier molecular flexibility index (Phi) is 4.71. The largest absolute Gasteiger partial charge is 0.456 e. The van der Waals surface area contributed by atoms with E-state index in [9.17, 15) is 4.79 Å². The quantitative estimate of drug-likeness (QED) is 0.591. The van der Waals surface area contributed by atoms with Crippen molar-refractivity contribution in [2.24, 2.45) is 0 Å². The summed E-state index contributed by atoms with van der Waals surface area (Å²) in [6.07, 6.45) is 2.99. The van der Waals surface area contributed by atoms with E-state index in [2.05, 4.69) is 19.9 Å². The standard InChI is InChI=1S/C16H22O2/c1-12(2)9-10-13-7-6-8-14(11-13)15(17)18-16(3,4)5/h6-9,11H,10H2,1-5H3. The fraction of sp³-hybridized carbons (Fsp3) is 0.438. The average Bonchev–Trinajstić information content (AvgIpc) is 2.24. The first-order valence-corrected chi connectivity index (χ1v) is 6.23. The van der Waals surface area contributed by atoms with E-state index in [4.69, 9.17) is 4.74 Å². The van der Waals surface area contributed by atoms with Gasteiger partial charge in [0, 0.05) is 0 Å². The van der Waals surface area contributed by atoms with Gasteiger partial charge in [0.05, 0.1) is 5.56 Å². The maximum absolute atomic E-state index is 11.9. The van der Waals surface area contributed by atoms with E-state index < -0.39 is 5.60 Å². The van der Waals surface area contributed by atoms with Crippen molar-refractivity contribution >= 4 is 5.97 Å². The van der Waals surface area contributed by atoms with Crippen LogP contribution in [0.1, 0.15) is 50.5 Å². The highest BCUT2D eigenvalue weighted by molar-refractivity contribution is 5.89. The number of rotatable bonds is 3. The maximum atomic E-state index is 11.9. The van der Waals surface area contributed by atoms with Crippen molar-refractivity contribution in [3.63, 3.8) is 0 Å². The van der Waals surface area contributed by atoms with E-state index in [1.54, 1.807) is 6.07 Å². The summed E-state index contributed by atoms with van der Waals surface area (Å²) in [7, 11) is 0. The molecule has 0 saturated heterocycles. The van der Waals surface area contributed by atoms with E-state index >= 15 is 0 Å². The maximum Gasteiger partial charge on any atom is 0.338 e. The van der Waals surface area contributed by atoms with Crippen molar-refractivity contribution in [3.8, 4) is 0 Å². The molecule has 18 heavy (non-hydrogen) atoms. The molecule has 0 aromatic heterocycles. The van der Waals surface area contributed by atoms with Crippen LogP contribution in [0.3, 0.4) is 0 Å². The lowest BCUT2D eigenvalue weighted by Gasteiger charge is -2.19. The fourth-order valence-electron chi connectivity index (χ4n) is 1.48. The van der Waals surface area contributed by atoms with Crippen LogP contribution in [0, 0.1) is 0 Å². The molecule has 1 aromatic carbocycles. The molecule has 1 rings (SSSR count). The molecule has 1 aromatic rings. The predicted octanol–water partition coefficient (Wildman–Crippen LogP) is 4.15. The first-order chi connectivity index (χ1) is 8.28. The molecule has 0 bridgehead atoms. The van der Waals surface area contributed by atoms with Gasteiger partial charge >= 0.3 is 5.97 Å². The van der Waals surface area contributed by atoms with Gasteiger partial charge < -0.3 is 4.74 Å². The number of benzene rings is 1. The topological polar surface area (TPSA) is 26.3 Å². The van der Waals surface area contributed by atoms with E-state index in [1.165, 1.54) is 5.57 Å². The van der Waals surface area contributed by atoms with Crippen molar-refractivity contribution in [1.29, 1.82) is 0 Å². The summed E-state index contributed by atoms with van der Waals surface area (Å²) < 4.78 is 5.35. The summed E-state index contributed by atoms with van der Waals surface area (Å²) in [6, 6.07) is 7.61. The zero-order valence-electron chi connectivity index (χ0n) is 11.9. The number of esters is 1. The highest BCUT2D eigenvalue weighted by atomic mass is 16.6. The molecular weight excluding hydrogens is 224 g/mol. The number of carbonyl (C=O) groups is 1. The van der Waals surface area contributed by atoms with Gasteiger partial charge in [-0.3, -0.25) is 0 Å². The molecule has 0 aliphatic rings. The summed E-state index contributed by atoms with van der Waals surface area (Å²) in [6.45, 7) is 9.75. The molecule has 0 atom stereocenters. The van der Waals surface area contributed by atoms with Crippen molar-refractivity contribution < 1.29 is 9.53 Å². The van der Waals surface area contributed by atoms with E-state index in [1.807, 2.05) is 39.0 Å². The molecule has 2 nitrogen and oxygen atoms in total. The fourth-order valence-corrected chi connectivity index (χ4v) is 1.48. The smallest absolute Gasteiger partial charge is 0.338 e. The summed E-state index contributed by atoms with van der Waals surface area (Å²) in [5.41, 5.74) is 2.56. The highest BCUT2D eigenvalue weighted by Crippen LogP contribution is 2.14. The van der Waals surface area contributed by atoms with Crippen LogP contribution >= 0.6 is 0 Å². The molecule has 98 valence electrons. The number of hydrogen-bond donors (Lipinski definition) is 0. The predicted molar refractivity (Wildman–Crippen MR) is 74.7 cm³/mol. The summed E-state index contributed by atoms with van der Waals surface area (Å²) in [5, 5.41) is 0. The Morgan fingerprint density at radius 1 is 1.28 bits per heavy atom. The van der Waals surface area contributed by atoms with E-state index in [0.29, 0.717) is 5.56 Å². The van der Waals surface area contributed by atoms with Crippen molar-refractivity contribution in [2.75, 3.05) is 0 Å². The minimum Gasteiger partial charge on any atom is -0.456 e. The van der Waals surface area contributed by atoms with E-state index in [-0.39, 0.29) is 5.97 Å². The van der Waals surface area contributed by atoms with Gasteiger partial charge in [-0.15, -0.1) is 0 Å². The van der Waals surface area contributed by atoms with Crippen LogP contribution in [0.5, 0.6) is 0 Å². The van der Waals surface area contributed by atoms with Gasteiger partial charge in [0.1, 0.15) is 5.60 Å². The highest BCUT2D eigenvalue weighted by Gasteiger charge is 2.17. The van der Waals surface area contributed by atoms with E-state index in [0.717, 1.165) is 12.0 Å². The van der Waals surface area contributed by atoms with Gasteiger partial charge in [-0.25, -0.2) is 4.79 Å². The second-order valence-electron chi connectivity index (χ2n) is 5.69. The van der Waals surface area contributed by atoms with Gasteiger partial charge in [0.2, 0.25) is 0 Å². The first kappa shape index (κ1) is 14.5. The number of hydrogen-bond acceptors (Lipinski definition) is 2. The molecule has 0 saturated carbocycles. The molecular formula is C16H22O2. The molecule has 0 spiro atoms. The molecule has 0 N–H and O–H groups in total. The Labute approximate surface area is 110 Å². The van der Waals surface area contributed by atoms with Gasteiger partial charge in [0.15, 0.2) is 0 Å². The number of ether oxygens (including phenoxy) is 1. The number of allylic oxidation sites excluding steroid dienone is 2. The zero-order valence-corrected chi connectivity index (χ0v) is 11.9. The summed E-state index contributed by atoms with van der Waals surface area (Å²) in [4.78, 5) is 11.9. The SMILES string of the molecule is CC(C)=CCc1cccc(C(=O)OC(C)(C)C)c1. The summed E-state index contributed by atoms with van der Waals surface area (Å²) in [5.74, 6) is -0.262. The van der Waals surface area contributed by atoms with Gasteiger partial charge in [-0.05, 0) is 58.7 Å². The van der Waals surface area contributed by atoms with Gasteiger partial charge in [-0.1, -0.05) is 23.8 Å². The second-order valence-corrected chi connectivity index (χ2v) is 5.69. The van der Waals surface area contributed by atoms with Crippen molar-refractivity contribution in [3.05, 3.63) is 47.0 Å². The van der Waals surface area contributed by atoms with Crippen LogP contribution in [0.4, 0.5) is 0 Å². The second kappa shape index (κ2) is 5.85. The Morgan fingerprint density at radius 3 is 2.50 bits per heavy atom. The minimum absolute atomic E-state index is 0.262. The zero-order chi connectivity index (χ0) is 13.8. The molecule has 2 heteroatoms. The third-order valence-electron chi connectivity index (χ3n) is 2.31. The Morgan fingerprint density at radius 2 is 1.94 bits per heavy atom. The van der Waals surface area contributed by atoms with Gasteiger partial charge in [-0.2, -0.15) is 0 Å². The minimum atomic E-state index is -0.451. The molecule has 0 fully saturated rings. The molecule has 0 amide bonds. The summed E-state index contributed by atoms with van der Waals surface area (Å²) >= 11 is 0. The molecule has 0 aliphatic carbocycles. The third kappa shape index (κ3) is 5.17. The third-order valence-corrected chi connectivity index (χ3v) is 2.31. The normalized spacial score (nSPS) is 10.9. The lowest BCUT2D eigenvalue weighted by Crippen LogP contribution is -2.23. The van der Waals surface area contributed by atoms with Crippen molar-refractivity contribution in [1.82, 2.24) is 0 Å². The Hall–Kier alpha value is -1.57. The van der Waals surface area contributed by atoms with Crippen LogP contribution in [0.2, 0.25) is 0 Å². The molecule has 0 heterocycles. The van der Waals surface area contributed by atoms with Crippen LogP contribution in [-0.4, -0.2) is 11.6 Å². The lowest BCUT2D eigenvalue weighted by atomic mass is 10.1. The van der Waals surface area contributed by atoms with Crippen LogP contribution < -0.4 is 0 Å². The lowest BCUT2D eigenvalue weighted by molar-refractivity contribution is 0.00694. The molecule has 0 radical (unpaired) electrons. The number of carbonyl (C=O) groups excluding carboxylic acids is 1. The van der Waals surface area contributed by atoms with Crippen LogP contribution in [0.15, 0.2) is 35.9 Å². The molecule has 0 unspecified atom stereocenters. The Bertz CT molecular complexity index is 446. The van der Waals surface area contributed by atoms with Crippen molar-refractivity contribution in [2.45, 2.75) is 46.6 Å². The monoisotopic (exact) mass is 246 g/mol. The average molecular weight is 246 g/mol.